The molecule has 0 aromatic carbocycles. The van der Waals surface area contributed by atoms with Gasteiger partial charge in [-0.15, -0.1) is 0 Å². The van der Waals surface area contributed by atoms with Crippen molar-refractivity contribution < 1.29 is 4.79 Å². The maximum absolute atomic E-state index is 12.2. The lowest BCUT2D eigenvalue weighted by atomic mass is 9.74. The van der Waals surface area contributed by atoms with Crippen molar-refractivity contribution in [3.63, 3.8) is 0 Å². The van der Waals surface area contributed by atoms with Crippen LogP contribution in [0, 0.1) is 12.3 Å². The maximum Gasteiger partial charge on any atom is 0.231 e. The molecule has 0 bridgehead atoms. The molecule has 1 aromatic rings. The highest BCUT2D eigenvalue weighted by Crippen LogP contribution is 2.30. The van der Waals surface area contributed by atoms with Crippen molar-refractivity contribution in [3.8, 4) is 0 Å². The molecule has 0 aliphatic carbocycles. The zero-order chi connectivity index (χ0) is 14.1. The molecule has 0 saturated carbocycles. The number of rotatable bonds is 3. The van der Waals surface area contributed by atoms with E-state index in [1.54, 1.807) is 6.07 Å². The number of aromatic nitrogens is 1. The van der Waals surface area contributed by atoms with Crippen LogP contribution < -0.4 is 11.1 Å². The van der Waals surface area contributed by atoms with E-state index in [0.29, 0.717) is 10.8 Å². The zero-order valence-electron chi connectivity index (χ0n) is 11.5. The maximum atomic E-state index is 12.2. The molecule has 0 aliphatic heterocycles. The highest BCUT2D eigenvalue weighted by Gasteiger charge is 2.40. The topological polar surface area (TPSA) is 68.0 Å². The average Bonchev–Trinajstić information content (AvgIpc) is 2.21. The third-order valence-electron chi connectivity index (χ3n) is 3.45. The Morgan fingerprint density at radius 1 is 1.39 bits per heavy atom. The fraction of sp³-hybridized carbons (Fsp3) is 0.538. The number of anilines is 1. The normalized spacial score (nSPS) is 12.4. The molecule has 0 unspecified atom stereocenters. The number of nitrogens with zero attached hydrogens (tertiary/aromatic N) is 1. The Kier molecular flexibility index (Phi) is 4.03. The first-order chi connectivity index (χ1) is 8.05. The van der Waals surface area contributed by atoms with Crippen molar-refractivity contribution in [3.05, 3.63) is 23.0 Å². The van der Waals surface area contributed by atoms with E-state index in [1.807, 2.05) is 34.6 Å². The fourth-order valence-corrected chi connectivity index (χ4v) is 1.31. The zero-order valence-corrected chi connectivity index (χ0v) is 12.2. The first kappa shape index (κ1) is 14.9. The van der Waals surface area contributed by atoms with Crippen LogP contribution >= 0.6 is 11.6 Å². The predicted octanol–water partition coefficient (Wildman–Crippen LogP) is 2.75. The monoisotopic (exact) mass is 269 g/mol. The number of amides is 1. The van der Waals surface area contributed by atoms with E-state index in [4.69, 9.17) is 17.3 Å². The molecule has 0 fully saturated rings. The molecule has 0 saturated heterocycles. The molecule has 1 heterocycles. The largest absolute Gasteiger partial charge is 0.325 e. The van der Waals surface area contributed by atoms with Crippen molar-refractivity contribution in [1.29, 1.82) is 0 Å². The van der Waals surface area contributed by atoms with Gasteiger partial charge in [0.05, 0.1) is 17.3 Å². The molecule has 18 heavy (non-hydrogen) atoms. The number of halogens is 1. The van der Waals surface area contributed by atoms with Gasteiger partial charge in [-0.25, -0.2) is 4.98 Å². The molecule has 0 aliphatic rings. The minimum absolute atomic E-state index is 0.140. The number of pyridine rings is 1. The summed E-state index contributed by atoms with van der Waals surface area (Å²) in [5, 5.41) is 3.25. The molecule has 1 amide bonds. The Bertz CT molecular complexity index is 464. The lowest BCUT2D eigenvalue weighted by molar-refractivity contribution is -0.126. The van der Waals surface area contributed by atoms with Gasteiger partial charge in [0.2, 0.25) is 5.91 Å². The van der Waals surface area contributed by atoms with Crippen molar-refractivity contribution in [2.75, 3.05) is 5.32 Å². The van der Waals surface area contributed by atoms with E-state index in [-0.39, 0.29) is 5.91 Å². The van der Waals surface area contributed by atoms with E-state index < -0.39 is 11.0 Å². The van der Waals surface area contributed by atoms with Gasteiger partial charge in [0.1, 0.15) is 5.15 Å². The summed E-state index contributed by atoms with van der Waals surface area (Å²) >= 11 is 5.84. The summed E-state index contributed by atoms with van der Waals surface area (Å²) in [6.07, 6.45) is 1.53. The van der Waals surface area contributed by atoms with Gasteiger partial charge in [0.15, 0.2) is 0 Å². The standard InChI is InChI=1S/C13H20ClN3O/c1-8-6-9(7-16-10(8)14)17-11(18)12(2,3)13(4,5)15/h6-7H,15H2,1-5H3,(H,17,18). The van der Waals surface area contributed by atoms with Crippen LogP contribution in [0.3, 0.4) is 0 Å². The third-order valence-corrected chi connectivity index (χ3v) is 3.85. The molecule has 3 N–H and O–H groups in total. The van der Waals surface area contributed by atoms with E-state index in [0.717, 1.165) is 5.56 Å². The van der Waals surface area contributed by atoms with Gasteiger partial charge in [-0.05, 0) is 46.2 Å². The van der Waals surface area contributed by atoms with Crippen molar-refractivity contribution in [2.45, 2.75) is 40.2 Å². The molecule has 0 radical (unpaired) electrons. The summed E-state index contributed by atoms with van der Waals surface area (Å²) in [7, 11) is 0. The number of hydrogen-bond acceptors (Lipinski definition) is 3. The van der Waals surface area contributed by atoms with Gasteiger partial charge < -0.3 is 11.1 Å². The highest BCUT2D eigenvalue weighted by atomic mass is 35.5. The Labute approximate surface area is 113 Å². The van der Waals surface area contributed by atoms with Crippen molar-refractivity contribution in [1.82, 2.24) is 4.98 Å². The van der Waals surface area contributed by atoms with Gasteiger partial charge in [-0.2, -0.15) is 0 Å². The molecule has 0 spiro atoms. The lowest BCUT2D eigenvalue weighted by Gasteiger charge is -2.36. The quantitative estimate of drug-likeness (QED) is 0.829. The van der Waals surface area contributed by atoms with Gasteiger partial charge in [-0.3, -0.25) is 4.79 Å². The van der Waals surface area contributed by atoms with Crippen LogP contribution in [0.25, 0.3) is 0 Å². The molecule has 1 aromatic heterocycles. The minimum Gasteiger partial charge on any atom is -0.325 e. The van der Waals surface area contributed by atoms with Crippen LogP contribution in [0.15, 0.2) is 12.3 Å². The lowest BCUT2D eigenvalue weighted by Crippen LogP contribution is -2.53. The van der Waals surface area contributed by atoms with Crippen LogP contribution in [-0.2, 0) is 4.79 Å². The summed E-state index contributed by atoms with van der Waals surface area (Å²) in [5.41, 5.74) is 6.15. The summed E-state index contributed by atoms with van der Waals surface area (Å²) in [6.45, 7) is 9.13. The van der Waals surface area contributed by atoms with Crippen LogP contribution in [0.1, 0.15) is 33.3 Å². The smallest absolute Gasteiger partial charge is 0.231 e. The summed E-state index contributed by atoms with van der Waals surface area (Å²) in [4.78, 5) is 16.2. The number of carbonyl (C=O) groups is 1. The number of carbonyl (C=O) groups excluding carboxylic acids is 1. The van der Waals surface area contributed by atoms with Crippen molar-refractivity contribution in [2.24, 2.45) is 11.1 Å². The number of hydrogen-bond donors (Lipinski definition) is 2. The fourth-order valence-electron chi connectivity index (χ4n) is 1.21. The van der Waals surface area contributed by atoms with E-state index in [2.05, 4.69) is 10.3 Å². The summed E-state index contributed by atoms with van der Waals surface area (Å²) in [6, 6.07) is 1.78. The van der Waals surface area contributed by atoms with E-state index >= 15 is 0 Å². The van der Waals surface area contributed by atoms with Crippen LogP contribution in [0.4, 0.5) is 5.69 Å². The summed E-state index contributed by atoms with van der Waals surface area (Å²) in [5.74, 6) is -0.140. The molecular formula is C13H20ClN3O. The second kappa shape index (κ2) is 4.86. The van der Waals surface area contributed by atoms with E-state index in [1.165, 1.54) is 6.20 Å². The van der Waals surface area contributed by atoms with Gasteiger partial charge in [-0.1, -0.05) is 11.6 Å². The first-order valence-corrected chi connectivity index (χ1v) is 6.16. The second-order valence-electron chi connectivity index (χ2n) is 5.63. The van der Waals surface area contributed by atoms with Gasteiger partial charge >= 0.3 is 0 Å². The van der Waals surface area contributed by atoms with Crippen LogP contribution in [0.5, 0.6) is 0 Å². The Morgan fingerprint density at radius 3 is 2.39 bits per heavy atom. The molecule has 5 heteroatoms. The van der Waals surface area contributed by atoms with E-state index in [9.17, 15) is 4.79 Å². The summed E-state index contributed by atoms with van der Waals surface area (Å²) < 4.78 is 0. The Morgan fingerprint density at radius 2 is 1.94 bits per heavy atom. The van der Waals surface area contributed by atoms with Crippen molar-refractivity contribution >= 4 is 23.2 Å². The minimum atomic E-state index is -0.694. The number of nitrogens with one attached hydrogen (secondary N) is 1. The number of aryl methyl sites for hydroxylation is 1. The van der Waals surface area contributed by atoms with Crippen LogP contribution in [0.2, 0.25) is 5.15 Å². The molecule has 1 rings (SSSR count). The van der Waals surface area contributed by atoms with Gasteiger partial charge in [0.25, 0.3) is 0 Å². The molecular weight excluding hydrogens is 250 g/mol. The Hall–Kier alpha value is -1.13. The number of nitrogens with two attached hydrogens (primary N) is 1. The molecule has 100 valence electrons. The predicted molar refractivity (Wildman–Crippen MR) is 74.7 cm³/mol. The third kappa shape index (κ3) is 3.00. The highest BCUT2D eigenvalue weighted by molar-refractivity contribution is 6.30. The SMILES string of the molecule is Cc1cc(NC(=O)C(C)(C)C(C)(C)N)cnc1Cl. The average molecular weight is 270 g/mol. The molecule has 0 atom stereocenters. The molecule has 4 nitrogen and oxygen atoms in total. The Balaban J connectivity index is 2.91. The second-order valence-corrected chi connectivity index (χ2v) is 5.99. The first-order valence-electron chi connectivity index (χ1n) is 5.78. The van der Waals surface area contributed by atoms with Crippen LogP contribution in [-0.4, -0.2) is 16.4 Å². The van der Waals surface area contributed by atoms with Gasteiger partial charge in [0, 0.05) is 5.54 Å².